The number of aryl methyl sites for hydroxylation is 1. The summed E-state index contributed by atoms with van der Waals surface area (Å²) in [5, 5.41) is 0. The number of hydrogen-bond donors (Lipinski definition) is 0. The maximum absolute atomic E-state index is 13.0. The van der Waals surface area contributed by atoms with Crippen molar-refractivity contribution in [2.75, 3.05) is 27.4 Å². The molecule has 1 aliphatic rings. The lowest BCUT2D eigenvalue weighted by Crippen LogP contribution is -2.31. The molecule has 1 atom stereocenters. The zero-order valence-electron chi connectivity index (χ0n) is 16.9. The second kappa shape index (κ2) is 9.49. The first-order valence-electron chi connectivity index (χ1n) is 9.90. The van der Waals surface area contributed by atoms with Gasteiger partial charge in [-0.2, -0.15) is 0 Å². The minimum atomic E-state index is 0.0275. The smallest absolute Gasteiger partial charge is 0.223 e. The Morgan fingerprint density at radius 2 is 1.93 bits per heavy atom. The Hall–Kier alpha value is -2.69. The Labute approximate surface area is 167 Å². The summed E-state index contributed by atoms with van der Waals surface area (Å²) in [6.07, 6.45) is 3.07. The Morgan fingerprint density at radius 3 is 2.68 bits per heavy atom. The Bertz CT molecular complexity index is 805. The molecule has 2 aromatic rings. The first-order valence-corrected chi connectivity index (χ1v) is 9.90. The Morgan fingerprint density at radius 1 is 1.11 bits per heavy atom. The van der Waals surface area contributed by atoms with E-state index in [1.54, 1.807) is 14.2 Å². The molecule has 0 saturated carbocycles. The molecule has 5 heteroatoms. The maximum atomic E-state index is 13.0. The lowest BCUT2D eigenvalue weighted by atomic mass is 10.0. The van der Waals surface area contributed by atoms with E-state index in [0.29, 0.717) is 19.4 Å². The molecule has 1 amide bonds. The van der Waals surface area contributed by atoms with Crippen LogP contribution in [0.4, 0.5) is 0 Å². The monoisotopic (exact) mass is 383 g/mol. The SMILES string of the molecule is CCOc1ccccc1CCC(=O)N1CCCC1c1cc(OC)ccc1OC. The van der Waals surface area contributed by atoms with Crippen molar-refractivity contribution in [3.63, 3.8) is 0 Å². The molecule has 1 fully saturated rings. The molecule has 2 aromatic carbocycles. The van der Waals surface area contributed by atoms with Crippen LogP contribution in [0.25, 0.3) is 0 Å². The highest BCUT2D eigenvalue weighted by molar-refractivity contribution is 5.77. The number of para-hydroxylation sites is 1. The van der Waals surface area contributed by atoms with Crippen LogP contribution in [-0.2, 0) is 11.2 Å². The van der Waals surface area contributed by atoms with Gasteiger partial charge < -0.3 is 19.1 Å². The van der Waals surface area contributed by atoms with Crippen molar-refractivity contribution in [1.82, 2.24) is 4.90 Å². The van der Waals surface area contributed by atoms with E-state index in [0.717, 1.165) is 47.8 Å². The van der Waals surface area contributed by atoms with Crippen LogP contribution < -0.4 is 14.2 Å². The van der Waals surface area contributed by atoms with Gasteiger partial charge in [0.25, 0.3) is 0 Å². The number of amides is 1. The van der Waals surface area contributed by atoms with Gasteiger partial charge in [0.1, 0.15) is 17.2 Å². The van der Waals surface area contributed by atoms with Crippen LogP contribution in [-0.4, -0.2) is 38.2 Å². The van der Waals surface area contributed by atoms with E-state index in [1.807, 2.05) is 54.3 Å². The van der Waals surface area contributed by atoms with Gasteiger partial charge in [0.05, 0.1) is 26.9 Å². The number of ether oxygens (including phenoxy) is 3. The van der Waals surface area contributed by atoms with Crippen molar-refractivity contribution in [2.45, 2.75) is 38.6 Å². The number of carbonyl (C=O) groups excluding carboxylic acids is 1. The molecule has 1 heterocycles. The molecule has 0 radical (unpaired) electrons. The van der Waals surface area contributed by atoms with Crippen molar-refractivity contribution in [1.29, 1.82) is 0 Å². The Kier molecular flexibility index (Phi) is 6.80. The van der Waals surface area contributed by atoms with Crippen LogP contribution in [0, 0.1) is 0 Å². The van der Waals surface area contributed by atoms with Gasteiger partial charge >= 0.3 is 0 Å². The second-order valence-electron chi connectivity index (χ2n) is 6.89. The first-order chi connectivity index (χ1) is 13.7. The van der Waals surface area contributed by atoms with E-state index in [4.69, 9.17) is 14.2 Å². The van der Waals surface area contributed by atoms with Crippen molar-refractivity contribution in [3.8, 4) is 17.2 Å². The van der Waals surface area contributed by atoms with Crippen molar-refractivity contribution < 1.29 is 19.0 Å². The summed E-state index contributed by atoms with van der Waals surface area (Å²) >= 11 is 0. The highest BCUT2D eigenvalue weighted by Crippen LogP contribution is 2.39. The van der Waals surface area contributed by atoms with Crippen LogP contribution in [0.3, 0.4) is 0 Å². The number of carbonyl (C=O) groups is 1. The van der Waals surface area contributed by atoms with Gasteiger partial charge in [-0.15, -0.1) is 0 Å². The summed E-state index contributed by atoms with van der Waals surface area (Å²) < 4.78 is 16.6. The minimum Gasteiger partial charge on any atom is -0.497 e. The van der Waals surface area contributed by atoms with Crippen molar-refractivity contribution >= 4 is 5.91 Å². The van der Waals surface area contributed by atoms with Gasteiger partial charge in [0, 0.05) is 18.5 Å². The molecule has 28 heavy (non-hydrogen) atoms. The fourth-order valence-electron chi connectivity index (χ4n) is 3.88. The normalized spacial score (nSPS) is 16.1. The fourth-order valence-corrected chi connectivity index (χ4v) is 3.88. The average Bonchev–Trinajstić information content (AvgIpc) is 3.22. The minimum absolute atomic E-state index is 0.0275. The quantitative estimate of drug-likeness (QED) is 0.678. The number of nitrogens with zero attached hydrogens (tertiary/aromatic N) is 1. The summed E-state index contributed by atoms with van der Waals surface area (Å²) in [5.41, 5.74) is 2.09. The van der Waals surface area contributed by atoms with Crippen LogP contribution in [0.1, 0.15) is 43.4 Å². The third-order valence-corrected chi connectivity index (χ3v) is 5.25. The lowest BCUT2D eigenvalue weighted by molar-refractivity contribution is -0.132. The van der Waals surface area contributed by atoms with Gasteiger partial charge in [-0.1, -0.05) is 18.2 Å². The van der Waals surface area contributed by atoms with Crippen LogP contribution in [0.2, 0.25) is 0 Å². The predicted octanol–water partition coefficient (Wildman–Crippen LogP) is 4.40. The molecule has 5 nitrogen and oxygen atoms in total. The molecule has 1 saturated heterocycles. The summed E-state index contributed by atoms with van der Waals surface area (Å²) in [6.45, 7) is 3.37. The van der Waals surface area contributed by atoms with Gasteiger partial charge in [-0.05, 0) is 56.0 Å². The molecule has 0 spiro atoms. The largest absolute Gasteiger partial charge is 0.497 e. The second-order valence-corrected chi connectivity index (χ2v) is 6.89. The summed E-state index contributed by atoms with van der Waals surface area (Å²) in [7, 11) is 3.32. The topological polar surface area (TPSA) is 48.0 Å². The summed E-state index contributed by atoms with van der Waals surface area (Å²) in [4.78, 5) is 15.0. The zero-order chi connectivity index (χ0) is 19.9. The molecule has 0 aromatic heterocycles. The molecule has 3 rings (SSSR count). The van der Waals surface area contributed by atoms with E-state index < -0.39 is 0 Å². The molecule has 1 unspecified atom stereocenters. The van der Waals surface area contributed by atoms with Gasteiger partial charge in [0.2, 0.25) is 5.91 Å². The molecular weight excluding hydrogens is 354 g/mol. The van der Waals surface area contributed by atoms with Crippen LogP contribution in [0.15, 0.2) is 42.5 Å². The van der Waals surface area contributed by atoms with E-state index in [2.05, 4.69) is 0 Å². The van der Waals surface area contributed by atoms with E-state index in [9.17, 15) is 4.79 Å². The van der Waals surface area contributed by atoms with E-state index in [1.165, 1.54) is 0 Å². The van der Waals surface area contributed by atoms with Crippen molar-refractivity contribution in [2.24, 2.45) is 0 Å². The number of hydrogen-bond acceptors (Lipinski definition) is 4. The molecule has 150 valence electrons. The highest BCUT2D eigenvalue weighted by atomic mass is 16.5. The molecular formula is C23H29NO4. The highest BCUT2D eigenvalue weighted by Gasteiger charge is 2.32. The third kappa shape index (κ3) is 4.41. The number of rotatable bonds is 8. The molecule has 0 bridgehead atoms. The van der Waals surface area contributed by atoms with Crippen LogP contribution in [0.5, 0.6) is 17.2 Å². The number of likely N-dealkylation sites (tertiary alicyclic amines) is 1. The third-order valence-electron chi connectivity index (χ3n) is 5.25. The summed E-state index contributed by atoms with van der Waals surface area (Å²) in [6, 6.07) is 13.7. The van der Waals surface area contributed by atoms with Gasteiger partial charge in [-0.25, -0.2) is 0 Å². The van der Waals surface area contributed by atoms with Crippen LogP contribution >= 0.6 is 0 Å². The number of methoxy groups -OCH3 is 2. The number of benzene rings is 2. The predicted molar refractivity (Wildman–Crippen MR) is 109 cm³/mol. The molecule has 1 aliphatic heterocycles. The molecule has 0 N–H and O–H groups in total. The Balaban J connectivity index is 1.74. The molecule has 0 aliphatic carbocycles. The first kappa shape index (κ1) is 20.1. The zero-order valence-corrected chi connectivity index (χ0v) is 16.9. The van der Waals surface area contributed by atoms with E-state index >= 15 is 0 Å². The van der Waals surface area contributed by atoms with Gasteiger partial charge in [-0.3, -0.25) is 4.79 Å². The fraction of sp³-hybridized carbons (Fsp3) is 0.435. The average molecular weight is 383 g/mol. The van der Waals surface area contributed by atoms with Crippen molar-refractivity contribution in [3.05, 3.63) is 53.6 Å². The lowest BCUT2D eigenvalue weighted by Gasteiger charge is -2.27. The van der Waals surface area contributed by atoms with Gasteiger partial charge in [0.15, 0.2) is 0 Å². The van der Waals surface area contributed by atoms with E-state index in [-0.39, 0.29) is 11.9 Å². The standard InChI is InChI=1S/C23H29NO4/c1-4-28-21-10-6-5-8-17(21)11-14-23(25)24-15-7-9-20(24)19-16-18(26-2)12-13-22(19)27-3/h5-6,8,10,12-13,16,20H,4,7,9,11,14-15H2,1-3H3. The maximum Gasteiger partial charge on any atom is 0.223 e. The summed E-state index contributed by atoms with van der Waals surface area (Å²) in [5.74, 6) is 2.61.